The van der Waals surface area contributed by atoms with Crippen molar-refractivity contribution in [3.05, 3.63) is 47.3 Å². The average molecular weight is 235 g/mol. The third-order valence-electron chi connectivity index (χ3n) is 2.54. The van der Waals surface area contributed by atoms with Gasteiger partial charge < -0.3 is 5.32 Å². The third-order valence-corrected chi connectivity index (χ3v) is 2.54. The van der Waals surface area contributed by atoms with Crippen LogP contribution >= 0.6 is 0 Å². The van der Waals surface area contributed by atoms with Gasteiger partial charge in [0.2, 0.25) is 0 Å². The monoisotopic (exact) mass is 235 g/mol. The summed E-state index contributed by atoms with van der Waals surface area (Å²) in [4.78, 5) is 0. The van der Waals surface area contributed by atoms with Crippen molar-refractivity contribution >= 4 is 0 Å². The predicted molar refractivity (Wildman–Crippen MR) is 71.6 cm³/mol. The topological polar surface area (TPSA) is 12.0 Å². The molecule has 0 fully saturated rings. The number of allylic oxidation sites excluding steroid dienone is 1. The lowest BCUT2D eigenvalue weighted by Gasteiger charge is -2.15. The standard InChI is InChI=1S/C15H22FN/c1-4-8-17-15(9-12(2)3)11-13-6-5-7-14(16)10-13/h5-7,9-10,15,17H,4,8,11H2,1-3H3. The molecule has 2 heteroatoms. The molecule has 1 unspecified atom stereocenters. The number of hydrogen-bond acceptors (Lipinski definition) is 1. The molecular weight excluding hydrogens is 213 g/mol. The van der Waals surface area contributed by atoms with E-state index in [0.29, 0.717) is 6.04 Å². The maximum Gasteiger partial charge on any atom is 0.123 e. The van der Waals surface area contributed by atoms with E-state index in [-0.39, 0.29) is 5.82 Å². The normalized spacial score (nSPS) is 12.2. The number of benzene rings is 1. The molecule has 94 valence electrons. The largest absolute Gasteiger partial charge is 0.310 e. The maximum absolute atomic E-state index is 13.1. The molecule has 1 nitrogen and oxygen atoms in total. The molecule has 1 atom stereocenters. The molecule has 1 N–H and O–H groups in total. The minimum Gasteiger partial charge on any atom is -0.310 e. The van der Waals surface area contributed by atoms with Crippen LogP contribution in [0.25, 0.3) is 0 Å². The third kappa shape index (κ3) is 5.64. The molecule has 0 heterocycles. The molecule has 0 spiro atoms. The summed E-state index contributed by atoms with van der Waals surface area (Å²) in [6, 6.07) is 7.13. The van der Waals surface area contributed by atoms with Gasteiger partial charge in [-0.1, -0.05) is 30.7 Å². The van der Waals surface area contributed by atoms with E-state index in [1.165, 1.54) is 11.6 Å². The summed E-state index contributed by atoms with van der Waals surface area (Å²) in [5, 5.41) is 3.47. The number of nitrogens with one attached hydrogen (secondary N) is 1. The highest BCUT2D eigenvalue weighted by atomic mass is 19.1. The summed E-state index contributed by atoms with van der Waals surface area (Å²) in [6.45, 7) is 7.32. The van der Waals surface area contributed by atoms with E-state index in [1.807, 2.05) is 6.07 Å². The van der Waals surface area contributed by atoms with Gasteiger partial charge in [-0.3, -0.25) is 0 Å². The molecule has 0 aliphatic heterocycles. The van der Waals surface area contributed by atoms with Gasteiger partial charge in [-0.15, -0.1) is 0 Å². The first-order chi connectivity index (χ1) is 8.11. The zero-order valence-corrected chi connectivity index (χ0v) is 11.0. The summed E-state index contributed by atoms with van der Waals surface area (Å²) in [6.07, 6.45) is 4.15. The Labute approximate surface area is 104 Å². The Bertz CT molecular complexity index is 367. The lowest BCUT2D eigenvalue weighted by Crippen LogP contribution is -2.30. The second-order valence-corrected chi connectivity index (χ2v) is 4.64. The van der Waals surface area contributed by atoms with Crippen molar-refractivity contribution in [3.8, 4) is 0 Å². The van der Waals surface area contributed by atoms with Gasteiger partial charge in [0.05, 0.1) is 0 Å². The molecule has 0 amide bonds. The first kappa shape index (κ1) is 13.9. The van der Waals surface area contributed by atoms with Gasteiger partial charge in [0.15, 0.2) is 0 Å². The quantitative estimate of drug-likeness (QED) is 0.741. The highest BCUT2D eigenvalue weighted by Gasteiger charge is 2.06. The van der Waals surface area contributed by atoms with Crippen LogP contribution in [0.15, 0.2) is 35.9 Å². The molecule has 0 bridgehead atoms. The molecule has 0 aliphatic rings. The summed E-state index contributed by atoms with van der Waals surface area (Å²) in [5.41, 5.74) is 2.33. The van der Waals surface area contributed by atoms with Crippen LogP contribution in [0.1, 0.15) is 32.8 Å². The molecule has 17 heavy (non-hydrogen) atoms. The Kier molecular flexibility index (Phi) is 5.92. The van der Waals surface area contributed by atoms with Gasteiger partial charge in [-0.2, -0.15) is 0 Å². The summed E-state index contributed by atoms with van der Waals surface area (Å²) in [5.74, 6) is -0.158. The zero-order chi connectivity index (χ0) is 12.7. The lowest BCUT2D eigenvalue weighted by atomic mass is 10.0. The second-order valence-electron chi connectivity index (χ2n) is 4.64. The van der Waals surface area contributed by atoms with E-state index >= 15 is 0 Å². The van der Waals surface area contributed by atoms with Crippen LogP contribution in [0.5, 0.6) is 0 Å². The summed E-state index contributed by atoms with van der Waals surface area (Å²) >= 11 is 0. The van der Waals surface area contributed by atoms with Crippen molar-refractivity contribution in [3.63, 3.8) is 0 Å². The van der Waals surface area contributed by atoms with Gasteiger partial charge in [-0.05, 0) is 50.9 Å². The molecule has 0 aromatic heterocycles. The summed E-state index contributed by atoms with van der Waals surface area (Å²) in [7, 11) is 0. The van der Waals surface area contributed by atoms with Crippen LogP contribution in [-0.2, 0) is 6.42 Å². The van der Waals surface area contributed by atoms with Crippen molar-refractivity contribution in [2.45, 2.75) is 39.7 Å². The van der Waals surface area contributed by atoms with Gasteiger partial charge >= 0.3 is 0 Å². The molecule has 0 aliphatic carbocycles. The first-order valence-corrected chi connectivity index (χ1v) is 6.24. The number of halogens is 1. The van der Waals surface area contributed by atoms with Crippen molar-refractivity contribution in [2.75, 3.05) is 6.54 Å². The molecular formula is C15H22FN. The molecule has 0 saturated carbocycles. The number of hydrogen-bond donors (Lipinski definition) is 1. The van der Waals surface area contributed by atoms with E-state index in [4.69, 9.17) is 0 Å². The average Bonchev–Trinajstić information content (AvgIpc) is 2.25. The van der Waals surface area contributed by atoms with E-state index in [9.17, 15) is 4.39 Å². The fourth-order valence-corrected chi connectivity index (χ4v) is 1.84. The van der Waals surface area contributed by atoms with Crippen molar-refractivity contribution in [1.82, 2.24) is 5.32 Å². The van der Waals surface area contributed by atoms with Crippen molar-refractivity contribution in [2.24, 2.45) is 0 Å². The van der Waals surface area contributed by atoms with Crippen molar-refractivity contribution in [1.29, 1.82) is 0 Å². The van der Waals surface area contributed by atoms with Crippen LogP contribution in [0.4, 0.5) is 4.39 Å². The Morgan fingerprint density at radius 3 is 2.76 bits per heavy atom. The highest BCUT2D eigenvalue weighted by molar-refractivity contribution is 5.19. The highest BCUT2D eigenvalue weighted by Crippen LogP contribution is 2.08. The van der Waals surface area contributed by atoms with E-state index in [2.05, 4.69) is 32.2 Å². The first-order valence-electron chi connectivity index (χ1n) is 6.24. The Balaban J connectivity index is 2.68. The minimum atomic E-state index is -0.158. The van der Waals surface area contributed by atoms with Gasteiger partial charge in [0, 0.05) is 6.04 Å². The van der Waals surface area contributed by atoms with Crippen LogP contribution < -0.4 is 5.32 Å². The zero-order valence-electron chi connectivity index (χ0n) is 11.0. The molecule has 1 rings (SSSR count). The Hall–Kier alpha value is -1.15. The second kappa shape index (κ2) is 7.23. The molecule has 0 radical (unpaired) electrons. The smallest absolute Gasteiger partial charge is 0.123 e. The molecule has 0 saturated heterocycles. The fraction of sp³-hybridized carbons (Fsp3) is 0.467. The Morgan fingerprint density at radius 2 is 2.18 bits per heavy atom. The fourth-order valence-electron chi connectivity index (χ4n) is 1.84. The van der Waals surface area contributed by atoms with Crippen LogP contribution in [-0.4, -0.2) is 12.6 Å². The van der Waals surface area contributed by atoms with Crippen LogP contribution in [0, 0.1) is 5.82 Å². The van der Waals surface area contributed by atoms with Crippen LogP contribution in [0.2, 0.25) is 0 Å². The van der Waals surface area contributed by atoms with Gasteiger partial charge in [-0.25, -0.2) is 4.39 Å². The van der Waals surface area contributed by atoms with E-state index < -0.39 is 0 Å². The predicted octanol–water partition coefficient (Wildman–Crippen LogP) is 3.70. The van der Waals surface area contributed by atoms with Gasteiger partial charge in [0.1, 0.15) is 5.82 Å². The van der Waals surface area contributed by atoms with E-state index in [1.54, 1.807) is 12.1 Å². The van der Waals surface area contributed by atoms with E-state index in [0.717, 1.165) is 24.9 Å². The Morgan fingerprint density at radius 1 is 1.41 bits per heavy atom. The number of rotatable bonds is 6. The van der Waals surface area contributed by atoms with Gasteiger partial charge in [0.25, 0.3) is 0 Å². The summed E-state index contributed by atoms with van der Waals surface area (Å²) < 4.78 is 13.1. The molecule has 1 aromatic carbocycles. The lowest BCUT2D eigenvalue weighted by molar-refractivity contribution is 0.577. The maximum atomic E-state index is 13.1. The van der Waals surface area contributed by atoms with Crippen molar-refractivity contribution < 1.29 is 4.39 Å². The SMILES string of the molecule is CCCNC(C=C(C)C)Cc1cccc(F)c1. The molecule has 1 aromatic rings. The minimum absolute atomic E-state index is 0.158. The van der Waals surface area contributed by atoms with Crippen LogP contribution in [0.3, 0.4) is 0 Å².